The molecule has 6 nitrogen and oxygen atoms in total. The van der Waals surface area contributed by atoms with Crippen molar-refractivity contribution in [3.05, 3.63) is 34.9 Å². The number of hydrogen-bond acceptors (Lipinski definition) is 6. The van der Waals surface area contributed by atoms with Crippen molar-refractivity contribution < 1.29 is 17.1 Å². The zero-order chi connectivity index (χ0) is 20.9. The van der Waals surface area contributed by atoms with Gasteiger partial charge in [-0.25, -0.2) is 4.99 Å². The smallest absolute Gasteiger partial charge is 0.283 e. The summed E-state index contributed by atoms with van der Waals surface area (Å²) >= 11 is 0. The molecule has 6 heteroatoms. The minimum atomic E-state index is -2.02. The average molecular weight is 373 g/mol. The normalized spacial score (nSPS) is 35.4. The van der Waals surface area contributed by atoms with Crippen molar-refractivity contribution in [1.82, 2.24) is 0 Å². The number of rotatable bonds is 4. The van der Waals surface area contributed by atoms with Gasteiger partial charge in [-0.2, -0.15) is 0 Å². The van der Waals surface area contributed by atoms with Gasteiger partial charge in [-0.15, -0.1) is 0 Å². The average Bonchev–Trinajstić information content (AvgIpc) is 3.11. The van der Waals surface area contributed by atoms with E-state index in [4.69, 9.17) is 22.8 Å². The number of methoxy groups -OCH3 is 1. The van der Waals surface area contributed by atoms with Gasteiger partial charge in [-0.05, 0) is 68.7 Å². The maximum absolute atomic E-state index is 8.80. The van der Waals surface area contributed by atoms with Crippen LogP contribution >= 0.6 is 0 Å². The molecule has 1 atom stereocenters. The van der Waals surface area contributed by atoms with E-state index in [9.17, 15) is 0 Å². The lowest BCUT2D eigenvalue weighted by Gasteiger charge is -2.45. The summed E-state index contributed by atoms with van der Waals surface area (Å²) in [7, 11) is 1.74. The molecular weight excluding hydrogens is 342 g/mol. The number of ether oxygens (including phenoxy) is 2. The molecule has 1 aliphatic heterocycles. The maximum Gasteiger partial charge on any atom is 0.283 e. The van der Waals surface area contributed by atoms with Crippen LogP contribution in [0.4, 0.5) is 0 Å². The molecule has 2 N–H and O–H groups in total. The summed E-state index contributed by atoms with van der Waals surface area (Å²) < 4.78 is 28.6. The number of nitrogens with zero attached hydrogens (tertiary/aromatic N) is 2. The zero-order valence-electron chi connectivity index (χ0n) is 18.2. The molecule has 0 amide bonds. The Kier molecular flexibility index (Phi) is 4.02. The highest BCUT2D eigenvalue weighted by Gasteiger charge is 2.61. The molecule has 1 saturated carbocycles. The van der Waals surface area contributed by atoms with Crippen LogP contribution in [0, 0.1) is 5.41 Å². The lowest BCUT2D eigenvalue weighted by Crippen LogP contribution is -2.46. The Hall–Kier alpha value is -2.08. The lowest BCUT2D eigenvalue weighted by molar-refractivity contribution is -0.00984. The van der Waals surface area contributed by atoms with Crippen molar-refractivity contribution >= 4 is 11.7 Å². The summed E-state index contributed by atoms with van der Waals surface area (Å²) in [6.45, 7) is 2.24. The SMILES string of the molecule is [2H]C1([2H])OC(N)=NC12c1cc(/C(C)=N/OCC)ccc1CC21CCC(OC)CC1. The number of aliphatic imine (C=N–C) groups is 1. The van der Waals surface area contributed by atoms with Crippen LogP contribution in [0.2, 0.25) is 0 Å². The fourth-order valence-electron chi connectivity index (χ4n) is 4.88. The maximum atomic E-state index is 8.80. The second-order valence-corrected chi connectivity index (χ2v) is 7.72. The Morgan fingerprint density at radius 2 is 2.22 bits per heavy atom. The third kappa shape index (κ3) is 2.81. The van der Waals surface area contributed by atoms with Crippen LogP contribution < -0.4 is 5.73 Å². The number of hydrogen-bond donors (Lipinski definition) is 1. The minimum Gasteiger partial charge on any atom is -0.462 e. The van der Waals surface area contributed by atoms with Crippen molar-refractivity contribution in [2.45, 2.75) is 57.6 Å². The standard InChI is InChI=1S/C21H29N3O3/c1-4-27-24-14(2)15-5-6-16-12-20(9-7-17(25-3)8-10-20)21(18(16)11-15)13-26-19(22)23-21/h5-6,11,17H,4,7-10,12-13H2,1-3H3,(H2,22,23)/b24-14+/i13D2. The van der Waals surface area contributed by atoms with Crippen molar-refractivity contribution in [3.8, 4) is 0 Å². The Bertz CT molecular complexity index is 863. The second kappa shape index (κ2) is 6.82. The molecule has 0 saturated heterocycles. The molecule has 2 aliphatic carbocycles. The van der Waals surface area contributed by atoms with Crippen LogP contribution in [0.1, 0.15) is 59.0 Å². The summed E-state index contributed by atoms with van der Waals surface area (Å²) in [5.74, 6) is 0. The summed E-state index contributed by atoms with van der Waals surface area (Å²) in [6.07, 6.45) is 4.31. The first kappa shape index (κ1) is 15.9. The van der Waals surface area contributed by atoms with E-state index in [1.54, 1.807) is 7.11 Å². The van der Waals surface area contributed by atoms with E-state index >= 15 is 0 Å². The van der Waals surface area contributed by atoms with E-state index in [-0.39, 0.29) is 12.1 Å². The molecule has 1 fully saturated rings. The van der Waals surface area contributed by atoms with E-state index in [1.165, 1.54) is 0 Å². The Labute approximate surface area is 163 Å². The molecule has 2 spiro atoms. The lowest BCUT2D eigenvalue weighted by atomic mass is 9.62. The van der Waals surface area contributed by atoms with Gasteiger partial charge in [0, 0.05) is 12.5 Å². The first-order valence-corrected chi connectivity index (χ1v) is 9.66. The molecule has 27 heavy (non-hydrogen) atoms. The molecule has 146 valence electrons. The summed E-state index contributed by atoms with van der Waals surface area (Å²) in [4.78, 5) is 9.90. The molecular formula is C21H29N3O3. The highest BCUT2D eigenvalue weighted by molar-refractivity contribution is 5.98. The molecule has 0 radical (unpaired) electrons. The minimum absolute atomic E-state index is 0.0822. The highest BCUT2D eigenvalue weighted by Crippen LogP contribution is 2.61. The summed E-state index contributed by atoms with van der Waals surface area (Å²) in [6, 6.07) is 5.99. The second-order valence-electron chi connectivity index (χ2n) is 7.72. The van der Waals surface area contributed by atoms with Crippen LogP contribution in [0.3, 0.4) is 0 Å². The third-order valence-electron chi connectivity index (χ3n) is 6.35. The van der Waals surface area contributed by atoms with Gasteiger partial charge in [-0.1, -0.05) is 17.3 Å². The van der Waals surface area contributed by atoms with E-state index in [0.29, 0.717) is 6.61 Å². The quantitative estimate of drug-likeness (QED) is 0.650. The van der Waals surface area contributed by atoms with Crippen molar-refractivity contribution in [1.29, 1.82) is 0 Å². The monoisotopic (exact) mass is 373 g/mol. The first-order valence-electron chi connectivity index (χ1n) is 10.7. The first-order chi connectivity index (χ1) is 13.8. The molecule has 1 aromatic carbocycles. The number of oxime groups is 1. The summed E-state index contributed by atoms with van der Waals surface area (Å²) in [5, 5.41) is 4.14. The molecule has 1 aromatic rings. The number of benzene rings is 1. The molecule has 3 aliphatic rings. The summed E-state index contributed by atoms with van der Waals surface area (Å²) in [5.41, 5.74) is 7.96. The third-order valence-corrected chi connectivity index (χ3v) is 6.35. The molecule has 1 unspecified atom stereocenters. The molecule has 0 bridgehead atoms. The van der Waals surface area contributed by atoms with E-state index in [1.807, 2.05) is 26.0 Å². The molecule has 1 heterocycles. The fourth-order valence-corrected chi connectivity index (χ4v) is 4.88. The van der Waals surface area contributed by atoms with Crippen LogP contribution in [0.5, 0.6) is 0 Å². The van der Waals surface area contributed by atoms with Gasteiger partial charge in [0.25, 0.3) is 6.02 Å². The number of nitrogens with two attached hydrogens (primary N) is 1. The van der Waals surface area contributed by atoms with Gasteiger partial charge < -0.3 is 20.0 Å². The van der Waals surface area contributed by atoms with Crippen molar-refractivity contribution in [2.75, 3.05) is 20.3 Å². The van der Waals surface area contributed by atoms with Gasteiger partial charge >= 0.3 is 0 Å². The van der Waals surface area contributed by atoms with Crippen LogP contribution in [-0.2, 0) is 26.3 Å². The van der Waals surface area contributed by atoms with Gasteiger partial charge in [0.15, 0.2) is 0 Å². The number of amidine groups is 1. The predicted octanol–water partition coefficient (Wildman–Crippen LogP) is 3.12. The fraction of sp³-hybridized carbons (Fsp3) is 0.619. The van der Waals surface area contributed by atoms with Gasteiger partial charge in [0.1, 0.15) is 18.7 Å². The Balaban J connectivity index is 1.85. The zero-order valence-corrected chi connectivity index (χ0v) is 16.2. The van der Waals surface area contributed by atoms with Crippen molar-refractivity contribution in [2.24, 2.45) is 21.3 Å². The topological polar surface area (TPSA) is 78.4 Å². The van der Waals surface area contributed by atoms with E-state index < -0.39 is 17.5 Å². The van der Waals surface area contributed by atoms with Crippen LogP contribution in [-0.4, -0.2) is 38.1 Å². The van der Waals surface area contributed by atoms with Gasteiger partial charge in [0.05, 0.1) is 14.6 Å². The molecule has 0 aromatic heterocycles. The number of fused-ring (bicyclic) bond motifs is 3. The van der Waals surface area contributed by atoms with Crippen molar-refractivity contribution in [3.63, 3.8) is 0 Å². The predicted molar refractivity (Wildman–Crippen MR) is 105 cm³/mol. The van der Waals surface area contributed by atoms with Crippen LogP contribution in [0.25, 0.3) is 0 Å². The van der Waals surface area contributed by atoms with Gasteiger partial charge in [0.2, 0.25) is 0 Å². The Morgan fingerprint density at radius 1 is 1.44 bits per heavy atom. The van der Waals surface area contributed by atoms with E-state index in [0.717, 1.165) is 54.5 Å². The largest absolute Gasteiger partial charge is 0.462 e. The van der Waals surface area contributed by atoms with Gasteiger partial charge in [-0.3, -0.25) is 0 Å². The Morgan fingerprint density at radius 3 is 2.85 bits per heavy atom. The molecule has 4 rings (SSSR count). The van der Waals surface area contributed by atoms with Crippen LogP contribution in [0.15, 0.2) is 28.3 Å². The van der Waals surface area contributed by atoms with E-state index in [2.05, 4.69) is 16.2 Å². The highest BCUT2D eigenvalue weighted by atomic mass is 16.6.